The van der Waals surface area contributed by atoms with Crippen LogP contribution in [0.25, 0.3) is 21.2 Å². The van der Waals surface area contributed by atoms with E-state index in [1.807, 2.05) is 36.5 Å². The van der Waals surface area contributed by atoms with Gasteiger partial charge >= 0.3 is 0 Å². The molecule has 1 aliphatic heterocycles. The summed E-state index contributed by atoms with van der Waals surface area (Å²) in [4.78, 5) is 28.2. The molecule has 1 amide bonds. The Balaban J connectivity index is 1.89. The van der Waals surface area contributed by atoms with Crippen LogP contribution in [-0.4, -0.2) is 28.0 Å². The lowest BCUT2D eigenvalue weighted by atomic mass is 10.0. The minimum Gasteiger partial charge on any atom is -0.326 e. The molecule has 6 heteroatoms. The average molecular weight is 396 g/mol. The minimum absolute atomic E-state index is 0.0226. The molecule has 1 aromatic carbocycles. The van der Waals surface area contributed by atoms with Gasteiger partial charge in [0, 0.05) is 53.6 Å². The quantitative estimate of drug-likeness (QED) is 0.720. The first-order valence-electron chi connectivity index (χ1n) is 9.67. The van der Waals surface area contributed by atoms with Crippen LogP contribution < -0.4 is 10.9 Å². The molecule has 3 heterocycles. The zero-order valence-electron chi connectivity index (χ0n) is 16.5. The van der Waals surface area contributed by atoms with Gasteiger partial charge in [0.2, 0.25) is 5.91 Å². The molecular weight excluding hydrogens is 370 g/mol. The van der Waals surface area contributed by atoms with Crippen LogP contribution in [0.5, 0.6) is 0 Å². The lowest BCUT2D eigenvalue weighted by Gasteiger charge is -2.21. The largest absolute Gasteiger partial charge is 0.326 e. The molecule has 5 nitrogen and oxygen atoms in total. The summed E-state index contributed by atoms with van der Waals surface area (Å²) >= 11 is 1.71. The Morgan fingerprint density at radius 1 is 1.32 bits per heavy atom. The number of carbonyl (C=O) groups is 1. The first-order valence-corrected chi connectivity index (χ1v) is 10.5. The van der Waals surface area contributed by atoms with Crippen LogP contribution >= 0.6 is 11.3 Å². The molecule has 1 atom stereocenters. The fourth-order valence-corrected chi connectivity index (χ4v) is 5.27. The number of likely N-dealkylation sites (tertiary alicyclic amines) is 1. The Hall–Kier alpha value is -2.44. The summed E-state index contributed by atoms with van der Waals surface area (Å²) in [5.41, 5.74) is 2.75. The molecule has 0 aliphatic carbocycles. The van der Waals surface area contributed by atoms with Crippen molar-refractivity contribution in [3.05, 3.63) is 51.8 Å². The smallest absolute Gasteiger partial charge is 0.259 e. The van der Waals surface area contributed by atoms with Gasteiger partial charge in [-0.3, -0.25) is 14.5 Å². The molecule has 0 radical (unpaired) electrons. The third-order valence-electron chi connectivity index (χ3n) is 5.50. The second-order valence-electron chi connectivity index (χ2n) is 7.60. The molecule has 0 saturated carbocycles. The highest BCUT2D eigenvalue weighted by Crippen LogP contribution is 2.39. The zero-order chi connectivity index (χ0) is 19.8. The van der Waals surface area contributed by atoms with E-state index in [0.717, 1.165) is 40.0 Å². The molecule has 1 N–H and O–H groups in total. The van der Waals surface area contributed by atoms with Crippen LogP contribution in [0.2, 0.25) is 0 Å². The maximum atomic E-state index is 13.0. The van der Waals surface area contributed by atoms with Crippen molar-refractivity contribution < 1.29 is 4.79 Å². The van der Waals surface area contributed by atoms with Crippen molar-refractivity contribution in [2.75, 3.05) is 11.9 Å². The summed E-state index contributed by atoms with van der Waals surface area (Å²) in [5.74, 6) is -0.102. The second kappa shape index (κ2) is 7.53. The van der Waals surface area contributed by atoms with Gasteiger partial charge in [-0.15, -0.1) is 11.3 Å². The van der Waals surface area contributed by atoms with Gasteiger partial charge < -0.3 is 9.88 Å². The molecule has 2 aromatic heterocycles. The van der Waals surface area contributed by atoms with E-state index in [1.165, 1.54) is 24.6 Å². The van der Waals surface area contributed by atoms with E-state index in [9.17, 15) is 9.59 Å². The SMILES string of the molecule is CC(=O)Nc1cccc(-c2c(CN3CCCC3C)sc3ccn(C)c(=O)c23)c1. The number of carbonyl (C=O) groups excluding carboxylic acids is 1. The number of amides is 1. The topological polar surface area (TPSA) is 54.3 Å². The van der Waals surface area contributed by atoms with Gasteiger partial charge in [-0.25, -0.2) is 0 Å². The van der Waals surface area contributed by atoms with Gasteiger partial charge in [-0.1, -0.05) is 12.1 Å². The van der Waals surface area contributed by atoms with E-state index in [1.54, 1.807) is 23.0 Å². The lowest BCUT2D eigenvalue weighted by Crippen LogP contribution is -2.26. The van der Waals surface area contributed by atoms with E-state index in [4.69, 9.17) is 0 Å². The van der Waals surface area contributed by atoms with Crippen LogP contribution in [0, 0.1) is 0 Å². The van der Waals surface area contributed by atoms with Crippen molar-refractivity contribution in [3.8, 4) is 11.1 Å². The van der Waals surface area contributed by atoms with E-state index < -0.39 is 0 Å². The zero-order valence-corrected chi connectivity index (χ0v) is 17.3. The van der Waals surface area contributed by atoms with Crippen LogP contribution in [0.1, 0.15) is 31.6 Å². The first-order chi connectivity index (χ1) is 13.4. The molecule has 1 unspecified atom stereocenters. The normalized spacial score (nSPS) is 17.3. The lowest BCUT2D eigenvalue weighted by molar-refractivity contribution is -0.114. The molecule has 0 spiro atoms. The van der Waals surface area contributed by atoms with Crippen molar-refractivity contribution in [1.82, 2.24) is 9.47 Å². The predicted octanol–water partition coefficient (Wildman–Crippen LogP) is 4.21. The highest BCUT2D eigenvalue weighted by Gasteiger charge is 2.24. The third-order valence-corrected chi connectivity index (χ3v) is 6.64. The molecule has 28 heavy (non-hydrogen) atoms. The average Bonchev–Trinajstić information content (AvgIpc) is 3.22. The Labute approximate surface area is 168 Å². The van der Waals surface area contributed by atoms with Gasteiger partial charge in [0.05, 0.1) is 5.39 Å². The van der Waals surface area contributed by atoms with Crippen molar-refractivity contribution in [2.24, 2.45) is 7.05 Å². The van der Waals surface area contributed by atoms with Crippen LogP contribution in [0.4, 0.5) is 5.69 Å². The summed E-state index contributed by atoms with van der Waals surface area (Å²) in [5, 5.41) is 3.63. The highest BCUT2D eigenvalue weighted by atomic mass is 32.1. The van der Waals surface area contributed by atoms with Crippen LogP contribution in [0.3, 0.4) is 0 Å². The molecule has 1 fully saturated rings. The number of thiophene rings is 1. The number of rotatable bonds is 4. The number of pyridine rings is 1. The van der Waals surface area contributed by atoms with Crippen molar-refractivity contribution in [3.63, 3.8) is 0 Å². The molecule has 4 rings (SSSR count). The number of aryl methyl sites for hydroxylation is 1. The Morgan fingerprint density at radius 3 is 2.86 bits per heavy atom. The van der Waals surface area contributed by atoms with Crippen LogP contribution in [-0.2, 0) is 18.4 Å². The van der Waals surface area contributed by atoms with E-state index in [0.29, 0.717) is 6.04 Å². The van der Waals surface area contributed by atoms with Crippen molar-refractivity contribution in [1.29, 1.82) is 0 Å². The minimum atomic E-state index is -0.102. The Kier molecular flexibility index (Phi) is 5.08. The third kappa shape index (κ3) is 3.50. The standard InChI is InChI=1S/C22H25N3O2S/c1-14-6-5-10-25(14)13-19-20(16-7-4-8-17(12-16)23-15(2)26)21-18(28-19)9-11-24(3)22(21)27/h4,7-9,11-12,14H,5-6,10,13H2,1-3H3,(H,23,26). The molecule has 3 aromatic rings. The summed E-state index contributed by atoms with van der Waals surface area (Å²) in [6, 6.07) is 10.4. The molecule has 1 saturated heterocycles. The number of nitrogens with one attached hydrogen (secondary N) is 1. The van der Waals surface area contributed by atoms with Gasteiger partial charge in [0.25, 0.3) is 5.56 Å². The van der Waals surface area contributed by atoms with Gasteiger partial charge in [-0.05, 0) is 50.1 Å². The van der Waals surface area contributed by atoms with E-state index in [-0.39, 0.29) is 11.5 Å². The fourth-order valence-electron chi connectivity index (χ4n) is 4.04. The van der Waals surface area contributed by atoms with E-state index >= 15 is 0 Å². The molecule has 0 bridgehead atoms. The monoisotopic (exact) mass is 395 g/mol. The van der Waals surface area contributed by atoms with Gasteiger partial charge in [0.1, 0.15) is 0 Å². The number of hydrogen-bond acceptors (Lipinski definition) is 4. The summed E-state index contributed by atoms with van der Waals surface area (Å²) in [6.45, 7) is 5.72. The first kappa shape index (κ1) is 18.9. The van der Waals surface area contributed by atoms with E-state index in [2.05, 4.69) is 17.1 Å². The molecule has 146 valence electrons. The number of anilines is 1. The van der Waals surface area contributed by atoms with Crippen molar-refractivity contribution in [2.45, 2.75) is 39.3 Å². The van der Waals surface area contributed by atoms with Gasteiger partial charge in [0.15, 0.2) is 0 Å². The molecular formula is C22H25N3O2S. The number of aromatic nitrogens is 1. The second-order valence-corrected chi connectivity index (χ2v) is 8.73. The number of benzene rings is 1. The van der Waals surface area contributed by atoms with Crippen molar-refractivity contribution >= 4 is 33.0 Å². The number of fused-ring (bicyclic) bond motifs is 1. The summed E-state index contributed by atoms with van der Waals surface area (Å²) in [6.07, 6.45) is 4.28. The Morgan fingerprint density at radius 2 is 2.14 bits per heavy atom. The maximum Gasteiger partial charge on any atom is 0.259 e. The van der Waals surface area contributed by atoms with Crippen LogP contribution in [0.15, 0.2) is 41.3 Å². The molecule has 1 aliphatic rings. The Bertz CT molecular complexity index is 1100. The maximum absolute atomic E-state index is 13.0. The highest BCUT2D eigenvalue weighted by molar-refractivity contribution is 7.19. The number of hydrogen-bond donors (Lipinski definition) is 1. The summed E-state index contributed by atoms with van der Waals surface area (Å²) < 4.78 is 2.66. The summed E-state index contributed by atoms with van der Waals surface area (Å²) in [7, 11) is 1.79. The van der Waals surface area contributed by atoms with Gasteiger partial charge in [-0.2, -0.15) is 0 Å². The fraction of sp³-hybridized carbons (Fsp3) is 0.364. The predicted molar refractivity (Wildman–Crippen MR) is 116 cm³/mol. The number of nitrogens with zero attached hydrogens (tertiary/aromatic N) is 2.